The summed E-state index contributed by atoms with van der Waals surface area (Å²) in [4.78, 5) is 0. The molecule has 0 aliphatic rings. The number of aryl methyl sites for hydroxylation is 3. The van der Waals surface area contributed by atoms with E-state index in [1.54, 1.807) is 6.07 Å². The van der Waals surface area contributed by atoms with Crippen LogP contribution in [-0.4, -0.2) is 30.0 Å². The van der Waals surface area contributed by atoms with Crippen molar-refractivity contribution < 1.29 is 28.1 Å². The van der Waals surface area contributed by atoms with E-state index in [4.69, 9.17) is 14.9 Å². The maximum atomic E-state index is 13.4. The van der Waals surface area contributed by atoms with Crippen LogP contribution in [-0.2, 0) is 19.0 Å². The Kier molecular flexibility index (Phi) is 8.33. The van der Waals surface area contributed by atoms with Crippen LogP contribution in [0.25, 0.3) is 0 Å². The SMILES string of the molecule is Cc1cccc(CCCOc2ccc(CCC(CO)CO)cc2C(F)(F)F)c1. The summed E-state index contributed by atoms with van der Waals surface area (Å²) in [6.07, 6.45) is -2.37. The average molecular weight is 396 g/mol. The summed E-state index contributed by atoms with van der Waals surface area (Å²) in [6, 6.07) is 12.1. The van der Waals surface area contributed by atoms with Gasteiger partial charge in [0.15, 0.2) is 0 Å². The second kappa shape index (κ2) is 10.5. The van der Waals surface area contributed by atoms with Gasteiger partial charge in [-0.1, -0.05) is 35.9 Å². The second-order valence-corrected chi connectivity index (χ2v) is 7.04. The predicted octanol–water partition coefficient (Wildman–Crippen LogP) is 4.56. The molecule has 0 radical (unpaired) electrons. The minimum Gasteiger partial charge on any atom is -0.493 e. The Bertz CT molecular complexity index is 740. The Morgan fingerprint density at radius 2 is 1.68 bits per heavy atom. The van der Waals surface area contributed by atoms with Crippen molar-refractivity contribution in [2.24, 2.45) is 5.92 Å². The van der Waals surface area contributed by atoms with Gasteiger partial charge < -0.3 is 14.9 Å². The Labute approximate surface area is 163 Å². The Morgan fingerprint density at radius 3 is 2.32 bits per heavy atom. The molecule has 3 nitrogen and oxygen atoms in total. The molecule has 0 bridgehead atoms. The molecular weight excluding hydrogens is 369 g/mol. The standard InChI is InChI=1S/C22H27F3O3/c1-16-4-2-5-17(12-16)6-3-11-28-21-10-9-18(7-8-19(14-26)15-27)13-20(21)22(23,24)25/h2,4-5,9-10,12-13,19,26-27H,3,6-8,11,14-15H2,1H3. The van der Waals surface area contributed by atoms with E-state index in [0.29, 0.717) is 24.8 Å². The molecule has 0 fully saturated rings. The molecule has 0 heterocycles. The quantitative estimate of drug-likeness (QED) is 0.579. The first-order valence-corrected chi connectivity index (χ1v) is 9.43. The number of aliphatic hydroxyl groups is 2. The van der Waals surface area contributed by atoms with E-state index >= 15 is 0 Å². The summed E-state index contributed by atoms with van der Waals surface area (Å²) in [5.41, 5.74) is 2.01. The molecule has 2 N–H and O–H groups in total. The fourth-order valence-corrected chi connectivity index (χ4v) is 3.02. The van der Waals surface area contributed by atoms with Gasteiger partial charge in [-0.15, -0.1) is 0 Å². The van der Waals surface area contributed by atoms with Crippen molar-refractivity contribution in [3.63, 3.8) is 0 Å². The highest BCUT2D eigenvalue weighted by Crippen LogP contribution is 2.37. The van der Waals surface area contributed by atoms with E-state index in [0.717, 1.165) is 23.6 Å². The molecule has 0 aromatic heterocycles. The van der Waals surface area contributed by atoms with E-state index in [2.05, 4.69) is 6.07 Å². The highest BCUT2D eigenvalue weighted by Gasteiger charge is 2.34. The molecule has 6 heteroatoms. The summed E-state index contributed by atoms with van der Waals surface area (Å²) in [7, 11) is 0. The fourth-order valence-electron chi connectivity index (χ4n) is 3.02. The number of halogens is 3. The molecule has 0 saturated heterocycles. The lowest BCUT2D eigenvalue weighted by molar-refractivity contribution is -0.139. The van der Waals surface area contributed by atoms with E-state index in [1.807, 2.05) is 25.1 Å². The lowest BCUT2D eigenvalue weighted by Crippen LogP contribution is -2.13. The van der Waals surface area contributed by atoms with Crippen LogP contribution >= 0.6 is 0 Å². The smallest absolute Gasteiger partial charge is 0.419 e. The van der Waals surface area contributed by atoms with Gasteiger partial charge in [-0.05, 0) is 55.9 Å². The summed E-state index contributed by atoms with van der Waals surface area (Å²) < 4.78 is 45.7. The second-order valence-electron chi connectivity index (χ2n) is 7.04. The third-order valence-corrected chi connectivity index (χ3v) is 4.66. The molecule has 154 valence electrons. The number of hydrogen-bond donors (Lipinski definition) is 2. The number of ether oxygens (including phenoxy) is 1. The molecule has 0 aliphatic heterocycles. The van der Waals surface area contributed by atoms with Crippen LogP contribution < -0.4 is 4.74 Å². The zero-order valence-electron chi connectivity index (χ0n) is 16.0. The van der Waals surface area contributed by atoms with E-state index < -0.39 is 11.7 Å². The van der Waals surface area contributed by atoms with Gasteiger partial charge in [0.05, 0.1) is 12.2 Å². The van der Waals surface area contributed by atoms with E-state index in [9.17, 15) is 13.2 Å². The molecule has 0 spiro atoms. The first-order chi connectivity index (χ1) is 13.3. The van der Waals surface area contributed by atoms with Gasteiger partial charge in [-0.2, -0.15) is 13.2 Å². The van der Waals surface area contributed by atoms with E-state index in [1.165, 1.54) is 6.07 Å². The predicted molar refractivity (Wildman–Crippen MR) is 102 cm³/mol. The van der Waals surface area contributed by atoms with Crippen LogP contribution in [0.4, 0.5) is 13.2 Å². The van der Waals surface area contributed by atoms with Crippen molar-refractivity contribution in [2.75, 3.05) is 19.8 Å². The molecule has 0 amide bonds. The van der Waals surface area contributed by atoms with Gasteiger partial charge in [-0.25, -0.2) is 0 Å². The van der Waals surface area contributed by atoms with Crippen molar-refractivity contribution in [3.8, 4) is 5.75 Å². The van der Waals surface area contributed by atoms with Crippen LogP contribution in [0, 0.1) is 12.8 Å². The van der Waals surface area contributed by atoms with E-state index in [-0.39, 0.29) is 31.5 Å². The largest absolute Gasteiger partial charge is 0.493 e. The number of rotatable bonds is 10. The van der Waals surface area contributed by atoms with Gasteiger partial charge in [-0.3, -0.25) is 0 Å². The number of benzene rings is 2. The first-order valence-electron chi connectivity index (χ1n) is 9.43. The minimum absolute atomic E-state index is 0.165. The maximum Gasteiger partial charge on any atom is 0.419 e. The third kappa shape index (κ3) is 6.84. The number of aliphatic hydroxyl groups excluding tert-OH is 2. The summed E-state index contributed by atoms with van der Waals surface area (Å²) >= 11 is 0. The molecule has 2 rings (SSSR count). The van der Waals surface area contributed by atoms with Crippen molar-refractivity contribution >= 4 is 0 Å². The minimum atomic E-state index is -4.50. The third-order valence-electron chi connectivity index (χ3n) is 4.66. The van der Waals surface area contributed by atoms with Crippen molar-refractivity contribution in [1.29, 1.82) is 0 Å². The van der Waals surface area contributed by atoms with Crippen molar-refractivity contribution in [1.82, 2.24) is 0 Å². The zero-order valence-corrected chi connectivity index (χ0v) is 16.0. The van der Waals surface area contributed by atoms with Gasteiger partial charge in [0.1, 0.15) is 5.75 Å². The molecule has 28 heavy (non-hydrogen) atoms. The van der Waals surface area contributed by atoms with Crippen molar-refractivity contribution in [3.05, 3.63) is 64.7 Å². The Balaban J connectivity index is 1.98. The van der Waals surface area contributed by atoms with Crippen LogP contribution in [0.2, 0.25) is 0 Å². The van der Waals surface area contributed by atoms with Crippen LogP contribution in [0.1, 0.15) is 35.1 Å². The normalized spacial score (nSPS) is 11.8. The van der Waals surface area contributed by atoms with Gasteiger partial charge in [0.25, 0.3) is 0 Å². The monoisotopic (exact) mass is 396 g/mol. The van der Waals surface area contributed by atoms with Crippen LogP contribution in [0.15, 0.2) is 42.5 Å². The summed E-state index contributed by atoms with van der Waals surface area (Å²) in [6.45, 7) is 1.82. The molecule has 0 unspecified atom stereocenters. The van der Waals surface area contributed by atoms with Gasteiger partial charge >= 0.3 is 6.18 Å². The molecule has 2 aromatic carbocycles. The highest BCUT2D eigenvalue weighted by molar-refractivity contribution is 5.39. The molecular formula is C22H27F3O3. The average Bonchev–Trinajstić information content (AvgIpc) is 2.66. The number of hydrogen-bond acceptors (Lipinski definition) is 3. The molecule has 0 atom stereocenters. The Morgan fingerprint density at radius 1 is 0.964 bits per heavy atom. The zero-order chi connectivity index (χ0) is 20.6. The first kappa shape index (κ1) is 22.2. The van der Waals surface area contributed by atoms with Gasteiger partial charge in [0, 0.05) is 19.1 Å². The van der Waals surface area contributed by atoms with Crippen LogP contribution in [0.5, 0.6) is 5.75 Å². The fraction of sp³-hybridized carbons (Fsp3) is 0.455. The maximum absolute atomic E-state index is 13.4. The lowest BCUT2D eigenvalue weighted by Gasteiger charge is -2.16. The topological polar surface area (TPSA) is 49.7 Å². The number of alkyl halides is 3. The molecule has 0 saturated carbocycles. The Hall–Kier alpha value is -2.05. The highest BCUT2D eigenvalue weighted by atomic mass is 19.4. The summed E-state index contributed by atoms with van der Waals surface area (Å²) in [5.74, 6) is -0.492. The molecule has 2 aromatic rings. The summed E-state index contributed by atoms with van der Waals surface area (Å²) in [5, 5.41) is 18.2. The molecule has 0 aliphatic carbocycles. The lowest BCUT2D eigenvalue weighted by atomic mass is 9.99. The van der Waals surface area contributed by atoms with Crippen LogP contribution in [0.3, 0.4) is 0 Å². The van der Waals surface area contributed by atoms with Gasteiger partial charge in [0.2, 0.25) is 0 Å². The van der Waals surface area contributed by atoms with Crippen molar-refractivity contribution in [2.45, 2.75) is 38.8 Å².